The van der Waals surface area contributed by atoms with Crippen LogP contribution < -0.4 is 10.6 Å². The molecule has 0 aliphatic heterocycles. The van der Waals surface area contributed by atoms with Crippen LogP contribution in [0, 0.1) is 0 Å². The summed E-state index contributed by atoms with van der Waals surface area (Å²) in [5.41, 5.74) is 0. The Bertz CT molecular complexity index is 647. The summed E-state index contributed by atoms with van der Waals surface area (Å²) in [7, 11) is -3.56. The number of benzene rings is 2. The SMILES string of the molecule is CCCCCCCCC[C@@H](O)[C@@H](F)P(=O)(c1ccccc1)c1ccccc1. The third kappa shape index (κ3) is 6.02. The molecule has 2 rings (SSSR count). The zero-order chi connectivity index (χ0) is 19.5. The van der Waals surface area contributed by atoms with E-state index in [1.807, 2.05) is 12.1 Å². The molecule has 0 aliphatic carbocycles. The van der Waals surface area contributed by atoms with Gasteiger partial charge in [0.15, 0.2) is 13.1 Å². The number of rotatable bonds is 12. The normalized spacial score (nSPS) is 14.0. The minimum Gasteiger partial charge on any atom is -0.390 e. The molecule has 0 spiro atoms. The van der Waals surface area contributed by atoms with E-state index in [9.17, 15) is 9.67 Å². The van der Waals surface area contributed by atoms with Crippen molar-refractivity contribution in [3.05, 3.63) is 60.7 Å². The molecule has 4 heteroatoms. The Kier molecular flexibility index (Phi) is 9.24. The molecule has 2 atom stereocenters. The molecule has 148 valence electrons. The molecule has 0 aromatic heterocycles. The van der Waals surface area contributed by atoms with Crippen LogP contribution in [0.25, 0.3) is 0 Å². The maximum atomic E-state index is 15.4. The molecule has 0 heterocycles. The average Bonchev–Trinajstić information content (AvgIpc) is 2.73. The fraction of sp³-hybridized carbons (Fsp3) is 0.478. The van der Waals surface area contributed by atoms with Crippen molar-refractivity contribution in [2.75, 3.05) is 0 Å². The highest BCUT2D eigenvalue weighted by Gasteiger charge is 2.41. The Morgan fingerprint density at radius 1 is 0.815 bits per heavy atom. The van der Waals surface area contributed by atoms with Crippen LogP contribution in [-0.4, -0.2) is 17.1 Å². The number of halogens is 1. The minimum atomic E-state index is -3.56. The van der Waals surface area contributed by atoms with E-state index in [-0.39, 0.29) is 0 Å². The van der Waals surface area contributed by atoms with Crippen LogP contribution in [-0.2, 0) is 4.57 Å². The van der Waals surface area contributed by atoms with Crippen molar-refractivity contribution in [1.82, 2.24) is 0 Å². The maximum absolute atomic E-state index is 15.4. The van der Waals surface area contributed by atoms with Crippen molar-refractivity contribution in [1.29, 1.82) is 0 Å². The molecule has 0 bridgehead atoms. The van der Waals surface area contributed by atoms with Gasteiger partial charge >= 0.3 is 0 Å². The number of hydrogen-bond donors (Lipinski definition) is 1. The molecule has 1 N–H and O–H groups in total. The molecule has 0 fully saturated rings. The summed E-state index contributed by atoms with van der Waals surface area (Å²) in [5, 5.41) is 11.4. The summed E-state index contributed by atoms with van der Waals surface area (Å²) in [6.07, 6.45) is 6.88. The lowest BCUT2D eigenvalue weighted by molar-refractivity contribution is 0.107. The second-order valence-corrected chi connectivity index (χ2v) is 10.0. The smallest absolute Gasteiger partial charge is 0.186 e. The minimum absolute atomic E-state index is 0.346. The number of aliphatic hydroxyl groups excluding tert-OH is 1. The second kappa shape index (κ2) is 11.4. The van der Waals surface area contributed by atoms with Gasteiger partial charge in [-0.25, -0.2) is 4.39 Å². The average molecular weight is 390 g/mol. The van der Waals surface area contributed by atoms with Crippen molar-refractivity contribution in [3.63, 3.8) is 0 Å². The van der Waals surface area contributed by atoms with E-state index in [2.05, 4.69) is 6.92 Å². The molecule has 0 radical (unpaired) electrons. The number of unbranched alkanes of at least 4 members (excludes halogenated alkanes) is 6. The molecule has 0 unspecified atom stereocenters. The first-order valence-electron chi connectivity index (χ1n) is 10.1. The fourth-order valence-corrected chi connectivity index (χ4v) is 6.15. The van der Waals surface area contributed by atoms with Crippen LogP contribution in [0.4, 0.5) is 4.39 Å². The Hall–Kier alpha value is -1.44. The highest BCUT2D eigenvalue weighted by atomic mass is 31.2. The lowest BCUT2D eigenvalue weighted by atomic mass is 10.1. The van der Waals surface area contributed by atoms with E-state index in [1.54, 1.807) is 48.5 Å². The molecule has 2 aromatic carbocycles. The Labute approximate surface area is 163 Å². The van der Waals surface area contributed by atoms with E-state index in [1.165, 1.54) is 25.7 Å². The summed E-state index contributed by atoms with van der Waals surface area (Å²) < 4.78 is 29.2. The van der Waals surface area contributed by atoms with Gasteiger partial charge < -0.3 is 9.67 Å². The molecule has 27 heavy (non-hydrogen) atoms. The highest BCUT2D eigenvalue weighted by molar-refractivity contribution is 7.79. The Morgan fingerprint density at radius 2 is 1.26 bits per heavy atom. The van der Waals surface area contributed by atoms with E-state index in [4.69, 9.17) is 0 Å². The van der Waals surface area contributed by atoms with Crippen molar-refractivity contribution >= 4 is 17.8 Å². The number of hydrogen-bond acceptors (Lipinski definition) is 2. The molecule has 0 saturated heterocycles. The third-order valence-electron chi connectivity index (χ3n) is 5.05. The molecule has 0 aliphatic rings. The van der Waals surface area contributed by atoms with Crippen molar-refractivity contribution in [3.8, 4) is 0 Å². The van der Waals surface area contributed by atoms with Gasteiger partial charge in [-0.1, -0.05) is 113 Å². The zero-order valence-corrected chi connectivity index (χ0v) is 17.2. The topological polar surface area (TPSA) is 37.3 Å². The lowest BCUT2D eigenvalue weighted by Crippen LogP contribution is -2.31. The molecule has 0 saturated carbocycles. The summed E-state index contributed by atoms with van der Waals surface area (Å²) in [6.45, 7) is 2.19. The van der Waals surface area contributed by atoms with Crippen molar-refractivity contribution in [2.24, 2.45) is 0 Å². The first kappa shape index (κ1) is 21.9. The number of aliphatic hydroxyl groups is 1. The predicted molar refractivity (Wildman–Crippen MR) is 113 cm³/mol. The lowest BCUT2D eigenvalue weighted by Gasteiger charge is -2.26. The molecule has 0 amide bonds. The van der Waals surface area contributed by atoms with E-state index >= 15 is 4.39 Å². The van der Waals surface area contributed by atoms with Gasteiger partial charge in [-0.2, -0.15) is 0 Å². The van der Waals surface area contributed by atoms with Crippen LogP contribution >= 0.6 is 7.14 Å². The van der Waals surface area contributed by atoms with Gasteiger partial charge in [0.05, 0.1) is 6.10 Å². The first-order valence-corrected chi connectivity index (χ1v) is 11.9. The van der Waals surface area contributed by atoms with E-state index in [0.29, 0.717) is 17.0 Å². The standard InChI is InChI=1S/C23H32FO2P/c1-2-3-4-5-6-7-14-19-22(25)23(24)27(26,20-15-10-8-11-16-20)21-17-12-9-13-18-21/h8-13,15-18,22-23,25H,2-7,14,19H2,1H3/t22-,23+/m1/s1. The van der Waals surface area contributed by atoms with Gasteiger partial charge in [-0.05, 0) is 6.42 Å². The third-order valence-corrected chi connectivity index (χ3v) is 8.22. The molecule has 2 nitrogen and oxygen atoms in total. The van der Waals surface area contributed by atoms with Crippen LogP contribution in [0.2, 0.25) is 0 Å². The fourth-order valence-electron chi connectivity index (χ4n) is 3.42. The predicted octanol–water partition coefficient (Wildman–Crippen LogP) is 5.80. The zero-order valence-electron chi connectivity index (χ0n) is 16.3. The van der Waals surface area contributed by atoms with Gasteiger partial charge in [0.1, 0.15) is 0 Å². The summed E-state index contributed by atoms with van der Waals surface area (Å²) >= 11 is 0. The van der Waals surface area contributed by atoms with Crippen LogP contribution in [0.1, 0.15) is 58.3 Å². The summed E-state index contributed by atoms with van der Waals surface area (Å²) in [6, 6.07) is 17.5. The molecule has 2 aromatic rings. The largest absolute Gasteiger partial charge is 0.390 e. The first-order chi connectivity index (χ1) is 13.1. The Morgan fingerprint density at radius 3 is 1.74 bits per heavy atom. The summed E-state index contributed by atoms with van der Waals surface area (Å²) in [4.78, 5) is 0. The van der Waals surface area contributed by atoms with Crippen LogP contribution in [0.3, 0.4) is 0 Å². The van der Waals surface area contributed by atoms with Gasteiger partial charge in [-0.3, -0.25) is 0 Å². The van der Waals surface area contributed by atoms with Crippen LogP contribution in [0.5, 0.6) is 0 Å². The Balaban J connectivity index is 2.04. The number of alkyl halides is 1. The van der Waals surface area contributed by atoms with Crippen LogP contribution in [0.15, 0.2) is 60.7 Å². The van der Waals surface area contributed by atoms with Gasteiger partial charge in [0.2, 0.25) is 0 Å². The quantitative estimate of drug-likeness (QED) is 0.367. The molecular weight excluding hydrogens is 358 g/mol. The monoisotopic (exact) mass is 390 g/mol. The van der Waals surface area contributed by atoms with Gasteiger partial charge in [-0.15, -0.1) is 0 Å². The highest BCUT2D eigenvalue weighted by Crippen LogP contribution is 2.51. The van der Waals surface area contributed by atoms with Gasteiger partial charge in [0, 0.05) is 10.6 Å². The van der Waals surface area contributed by atoms with E-state index < -0.39 is 19.2 Å². The molecular formula is C23H32FO2P. The van der Waals surface area contributed by atoms with Gasteiger partial charge in [0.25, 0.3) is 0 Å². The van der Waals surface area contributed by atoms with Crippen molar-refractivity contribution in [2.45, 2.75) is 70.3 Å². The summed E-state index contributed by atoms with van der Waals surface area (Å²) in [5.74, 6) is -1.79. The maximum Gasteiger partial charge on any atom is 0.186 e. The van der Waals surface area contributed by atoms with E-state index in [0.717, 1.165) is 19.3 Å². The van der Waals surface area contributed by atoms with Crippen molar-refractivity contribution < 1.29 is 14.1 Å². The second-order valence-electron chi connectivity index (χ2n) is 7.18.